The lowest BCUT2D eigenvalue weighted by molar-refractivity contribution is -0.385. The molecular formula is C16H17N3O4S2. The number of hydrogen-bond donors (Lipinski definition) is 1. The van der Waals surface area contributed by atoms with E-state index < -0.39 is 4.92 Å². The average molecular weight is 379 g/mol. The summed E-state index contributed by atoms with van der Waals surface area (Å²) in [6.07, 6.45) is 3.62. The van der Waals surface area contributed by atoms with E-state index in [9.17, 15) is 10.1 Å². The molecule has 0 amide bonds. The van der Waals surface area contributed by atoms with E-state index in [4.69, 9.17) is 33.9 Å². The molecule has 2 heterocycles. The van der Waals surface area contributed by atoms with Crippen LogP contribution in [-0.4, -0.2) is 39.7 Å². The Kier molecular flexibility index (Phi) is 5.14. The van der Waals surface area contributed by atoms with Gasteiger partial charge in [-0.25, -0.2) is 0 Å². The maximum Gasteiger partial charge on any atom is 0.280 e. The van der Waals surface area contributed by atoms with Gasteiger partial charge >= 0.3 is 0 Å². The molecule has 3 rings (SSSR count). The third-order valence-corrected chi connectivity index (χ3v) is 4.65. The molecule has 1 aromatic rings. The summed E-state index contributed by atoms with van der Waals surface area (Å²) in [6.45, 7) is 3.59. The monoisotopic (exact) mass is 379 g/mol. The number of fused-ring (bicyclic) bond motifs is 1. The molecule has 0 atom stereocenters. The Balaban J connectivity index is 1.96. The molecule has 0 bridgehead atoms. The van der Waals surface area contributed by atoms with Crippen LogP contribution >= 0.6 is 24.4 Å². The summed E-state index contributed by atoms with van der Waals surface area (Å²) < 4.78 is 10.9. The van der Waals surface area contributed by atoms with E-state index >= 15 is 0 Å². The van der Waals surface area contributed by atoms with Crippen LogP contribution in [-0.2, 0) is 0 Å². The molecule has 132 valence electrons. The van der Waals surface area contributed by atoms with Gasteiger partial charge < -0.3 is 19.7 Å². The minimum absolute atomic E-state index is 0.0701. The van der Waals surface area contributed by atoms with Crippen molar-refractivity contribution in [1.82, 2.24) is 10.2 Å². The van der Waals surface area contributed by atoms with Gasteiger partial charge in [0, 0.05) is 6.54 Å². The van der Waals surface area contributed by atoms with Crippen LogP contribution in [0.25, 0.3) is 6.08 Å². The van der Waals surface area contributed by atoms with Crippen LogP contribution in [0.15, 0.2) is 17.8 Å². The second-order valence-corrected chi connectivity index (χ2v) is 6.38. The molecule has 1 N–H and O–H groups in total. The third-order valence-electron chi connectivity index (χ3n) is 3.89. The zero-order chi connectivity index (χ0) is 18.0. The Bertz CT molecular complexity index is 779. The summed E-state index contributed by atoms with van der Waals surface area (Å²) in [5, 5.41) is 15.0. The van der Waals surface area contributed by atoms with Crippen molar-refractivity contribution in [2.45, 2.75) is 19.8 Å². The quantitative estimate of drug-likeness (QED) is 0.362. The highest BCUT2D eigenvalue weighted by Crippen LogP contribution is 2.37. The molecular weight excluding hydrogens is 362 g/mol. The fraction of sp³-hybridized carbons (Fsp3) is 0.375. The van der Waals surface area contributed by atoms with Crippen LogP contribution in [0.1, 0.15) is 25.3 Å². The first-order valence-corrected chi connectivity index (χ1v) is 8.75. The van der Waals surface area contributed by atoms with Crippen molar-refractivity contribution in [1.29, 1.82) is 0 Å². The van der Waals surface area contributed by atoms with Gasteiger partial charge in [0.15, 0.2) is 16.6 Å². The second-order valence-electron chi connectivity index (χ2n) is 5.61. The SMILES string of the molecule is CCCCN1C(=S)N/C(=C/c2cc3c(cc2[N+](=O)[O-])OCCO3)C1=S. The van der Waals surface area contributed by atoms with Crippen molar-refractivity contribution in [3.63, 3.8) is 0 Å². The molecule has 1 saturated heterocycles. The van der Waals surface area contributed by atoms with E-state index in [2.05, 4.69) is 12.2 Å². The third kappa shape index (κ3) is 3.57. The summed E-state index contributed by atoms with van der Waals surface area (Å²) in [7, 11) is 0. The number of rotatable bonds is 5. The summed E-state index contributed by atoms with van der Waals surface area (Å²) in [6, 6.07) is 2.98. The largest absolute Gasteiger partial charge is 0.486 e. The Morgan fingerprint density at radius 2 is 2.00 bits per heavy atom. The molecule has 2 aliphatic heterocycles. The minimum Gasteiger partial charge on any atom is -0.486 e. The van der Waals surface area contributed by atoms with Crippen molar-refractivity contribution >= 4 is 46.3 Å². The molecule has 1 fully saturated rings. The van der Waals surface area contributed by atoms with Crippen molar-refractivity contribution in [3.05, 3.63) is 33.5 Å². The van der Waals surface area contributed by atoms with Gasteiger partial charge in [0.25, 0.3) is 5.69 Å². The van der Waals surface area contributed by atoms with Crippen LogP contribution in [0.4, 0.5) is 5.69 Å². The highest BCUT2D eigenvalue weighted by Gasteiger charge is 2.28. The van der Waals surface area contributed by atoms with E-state index in [0.29, 0.717) is 46.1 Å². The number of hydrogen-bond acceptors (Lipinski definition) is 6. The lowest BCUT2D eigenvalue weighted by atomic mass is 10.1. The number of nitro benzene ring substituents is 1. The zero-order valence-electron chi connectivity index (χ0n) is 13.6. The van der Waals surface area contributed by atoms with Crippen LogP contribution in [0, 0.1) is 10.1 Å². The molecule has 0 unspecified atom stereocenters. The number of benzene rings is 1. The van der Waals surface area contributed by atoms with Crippen molar-refractivity contribution in [2.24, 2.45) is 0 Å². The highest BCUT2D eigenvalue weighted by atomic mass is 32.1. The molecule has 25 heavy (non-hydrogen) atoms. The number of nitro groups is 1. The van der Waals surface area contributed by atoms with E-state index in [-0.39, 0.29) is 5.69 Å². The van der Waals surface area contributed by atoms with Crippen molar-refractivity contribution in [3.8, 4) is 11.5 Å². The molecule has 0 radical (unpaired) electrons. The van der Waals surface area contributed by atoms with Crippen LogP contribution in [0.3, 0.4) is 0 Å². The molecule has 7 nitrogen and oxygen atoms in total. The van der Waals surface area contributed by atoms with Crippen LogP contribution in [0.2, 0.25) is 0 Å². The average Bonchev–Trinajstić information content (AvgIpc) is 2.85. The molecule has 1 aromatic carbocycles. The lowest BCUT2D eigenvalue weighted by Gasteiger charge is -2.18. The summed E-state index contributed by atoms with van der Waals surface area (Å²) in [4.78, 5) is 13.4. The van der Waals surface area contributed by atoms with Gasteiger partial charge in [-0.3, -0.25) is 10.1 Å². The van der Waals surface area contributed by atoms with Gasteiger partial charge in [-0.05, 0) is 30.8 Å². The molecule has 0 spiro atoms. The number of unbranched alkanes of at least 4 members (excludes halogenated alkanes) is 1. The number of nitrogens with one attached hydrogen (secondary N) is 1. The van der Waals surface area contributed by atoms with Crippen LogP contribution in [0.5, 0.6) is 11.5 Å². The topological polar surface area (TPSA) is 76.9 Å². The van der Waals surface area contributed by atoms with E-state index in [1.165, 1.54) is 6.07 Å². The van der Waals surface area contributed by atoms with Gasteiger partial charge in [0.1, 0.15) is 18.2 Å². The first-order valence-electron chi connectivity index (χ1n) is 7.94. The first kappa shape index (κ1) is 17.6. The molecule has 0 aromatic heterocycles. The Labute approximate surface area is 155 Å². The van der Waals surface area contributed by atoms with Crippen molar-refractivity contribution in [2.75, 3.05) is 19.8 Å². The first-order chi connectivity index (χ1) is 12.0. The summed E-state index contributed by atoms with van der Waals surface area (Å²) >= 11 is 10.8. The number of ether oxygens (including phenoxy) is 2. The number of nitrogens with zero attached hydrogens (tertiary/aromatic N) is 2. The van der Waals surface area contributed by atoms with Crippen molar-refractivity contribution < 1.29 is 14.4 Å². The Hall–Kier alpha value is -2.26. The van der Waals surface area contributed by atoms with E-state index in [1.54, 1.807) is 12.1 Å². The lowest BCUT2D eigenvalue weighted by Crippen LogP contribution is -2.30. The maximum atomic E-state index is 11.4. The molecule has 9 heteroatoms. The van der Waals surface area contributed by atoms with Crippen LogP contribution < -0.4 is 14.8 Å². The Morgan fingerprint density at radius 3 is 2.64 bits per heavy atom. The summed E-state index contributed by atoms with van der Waals surface area (Å²) in [5.74, 6) is 0.861. The summed E-state index contributed by atoms with van der Waals surface area (Å²) in [5.41, 5.74) is 0.898. The van der Waals surface area contributed by atoms with E-state index in [0.717, 1.165) is 19.4 Å². The smallest absolute Gasteiger partial charge is 0.280 e. The minimum atomic E-state index is -0.449. The zero-order valence-corrected chi connectivity index (χ0v) is 15.2. The predicted molar refractivity (Wildman–Crippen MR) is 102 cm³/mol. The van der Waals surface area contributed by atoms with Gasteiger partial charge in [-0.1, -0.05) is 25.6 Å². The standard InChI is InChI=1S/C16H17N3O4S2/c1-2-3-4-18-15(24)11(17-16(18)25)7-10-8-13-14(23-6-5-22-13)9-12(10)19(20)21/h7-9H,2-6H2,1H3,(H,17,25)/b11-7+. The second kappa shape index (κ2) is 7.32. The fourth-order valence-corrected chi connectivity index (χ4v) is 3.26. The van der Waals surface area contributed by atoms with Gasteiger partial charge in [-0.2, -0.15) is 0 Å². The van der Waals surface area contributed by atoms with Gasteiger partial charge in [0.2, 0.25) is 0 Å². The molecule has 0 aliphatic carbocycles. The molecule has 0 saturated carbocycles. The highest BCUT2D eigenvalue weighted by molar-refractivity contribution is 7.82. The van der Waals surface area contributed by atoms with Gasteiger partial charge in [0.05, 0.1) is 22.3 Å². The van der Waals surface area contributed by atoms with E-state index in [1.807, 2.05) is 4.90 Å². The Morgan fingerprint density at radius 1 is 1.32 bits per heavy atom. The predicted octanol–water partition coefficient (Wildman–Crippen LogP) is 3.02. The maximum absolute atomic E-state index is 11.4. The van der Waals surface area contributed by atoms with Gasteiger partial charge in [-0.15, -0.1) is 0 Å². The molecule has 2 aliphatic rings. The fourth-order valence-electron chi connectivity index (χ4n) is 2.61. The normalized spacial score (nSPS) is 17.8. The number of thiocarbonyl (C=S) groups is 2.